The largest absolute Gasteiger partial charge is 0.484 e. The Balaban J connectivity index is 1.70. The van der Waals surface area contributed by atoms with Gasteiger partial charge in [-0.2, -0.15) is 18.7 Å². The van der Waals surface area contributed by atoms with Crippen molar-refractivity contribution in [3.63, 3.8) is 0 Å². The monoisotopic (exact) mass is 534 g/mol. The fraction of sp³-hybridized carbons (Fsp3) is 0.500. The number of ether oxygens (including phenoxy) is 2. The lowest BCUT2D eigenvalue weighted by atomic mass is 9.64. The number of halogens is 3. The molecule has 0 aromatic heterocycles. The number of hydrogen-bond acceptors (Lipinski definition) is 6. The molecule has 38 heavy (non-hydrogen) atoms. The highest BCUT2D eigenvalue weighted by Crippen LogP contribution is 2.54. The van der Waals surface area contributed by atoms with E-state index < -0.39 is 41.9 Å². The van der Waals surface area contributed by atoms with Crippen molar-refractivity contribution in [2.24, 2.45) is 11.7 Å². The van der Waals surface area contributed by atoms with Crippen LogP contribution in [0.3, 0.4) is 0 Å². The number of amides is 1. The predicted octanol–water partition coefficient (Wildman–Crippen LogP) is 5.36. The fourth-order valence-electron chi connectivity index (χ4n) is 5.54. The summed E-state index contributed by atoms with van der Waals surface area (Å²) in [5.74, 6) is -1.91. The van der Waals surface area contributed by atoms with Crippen molar-refractivity contribution in [2.45, 2.75) is 75.8 Å². The Morgan fingerprint density at radius 1 is 1.13 bits per heavy atom. The zero-order chi connectivity index (χ0) is 27.7. The van der Waals surface area contributed by atoms with Crippen LogP contribution in [0.2, 0.25) is 0 Å². The predicted molar refractivity (Wildman–Crippen MR) is 133 cm³/mol. The van der Waals surface area contributed by atoms with Gasteiger partial charge in [0.1, 0.15) is 11.4 Å². The number of carbonyl (C=O) groups excluding carboxylic acids is 2. The molecule has 206 valence electrons. The molecule has 2 aliphatic rings. The first-order valence-electron chi connectivity index (χ1n) is 12.6. The highest BCUT2D eigenvalue weighted by molar-refractivity contribution is 5.93. The van der Waals surface area contributed by atoms with Gasteiger partial charge in [0.2, 0.25) is 5.91 Å². The quantitative estimate of drug-likeness (QED) is 0.485. The minimum Gasteiger partial charge on any atom is -0.484 e. The van der Waals surface area contributed by atoms with Crippen molar-refractivity contribution < 1.29 is 37.1 Å². The maximum Gasteiger partial charge on any atom is 0.422 e. The molecule has 1 heterocycles. The summed E-state index contributed by atoms with van der Waals surface area (Å²) in [6.45, 7) is 3.97. The summed E-state index contributed by atoms with van der Waals surface area (Å²) < 4.78 is 49.7. The first-order chi connectivity index (χ1) is 17.8. The SMILES string of the molecule is CC(C)(C)OC(=O)C1CCC[C@@]2(C[C@@H](c3cc(C(N)=O)ccc3OCC(F)(F)F)NO2)[C@@H]1c1ccccc1. The average Bonchev–Trinajstić information content (AvgIpc) is 3.25. The van der Waals surface area contributed by atoms with E-state index in [1.165, 1.54) is 18.2 Å². The van der Waals surface area contributed by atoms with E-state index in [0.717, 1.165) is 5.56 Å². The third-order valence-corrected chi connectivity index (χ3v) is 6.97. The molecule has 10 heteroatoms. The molecule has 3 N–H and O–H groups in total. The summed E-state index contributed by atoms with van der Waals surface area (Å²) in [6, 6.07) is 13.0. The lowest BCUT2D eigenvalue weighted by molar-refractivity contribution is -0.170. The number of nitrogens with two attached hydrogens (primary N) is 1. The zero-order valence-electron chi connectivity index (χ0n) is 21.6. The number of nitrogens with one attached hydrogen (secondary N) is 1. The van der Waals surface area contributed by atoms with Gasteiger partial charge in [-0.3, -0.25) is 14.4 Å². The highest BCUT2D eigenvalue weighted by atomic mass is 19.4. The summed E-state index contributed by atoms with van der Waals surface area (Å²) >= 11 is 0. The van der Waals surface area contributed by atoms with E-state index in [4.69, 9.17) is 20.0 Å². The van der Waals surface area contributed by atoms with Crippen LogP contribution >= 0.6 is 0 Å². The second-order valence-corrected chi connectivity index (χ2v) is 11.0. The highest BCUT2D eigenvalue weighted by Gasteiger charge is 2.55. The van der Waals surface area contributed by atoms with E-state index in [-0.39, 0.29) is 23.2 Å². The topological polar surface area (TPSA) is 99.9 Å². The molecule has 0 bridgehead atoms. The summed E-state index contributed by atoms with van der Waals surface area (Å²) in [6.07, 6.45) is -2.29. The molecule has 1 saturated carbocycles. The van der Waals surface area contributed by atoms with E-state index in [1.54, 1.807) is 0 Å². The third kappa shape index (κ3) is 6.30. The van der Waals surface area contributed by atoms with Gasteiger partial charge in [0.05, 0.1) is 17.6 Å². The minimum absolute atomic E-state index is 0.0266. The van der Waals surface area contributed by atoms with Crippen molar-refractivity contribution in [1.82, 2.24) is 5.48 Å². The Bertz CT molecular complexity index is 1170. The second kappa shape index (κ2) is 10.6. The Morgan fingerprint density at radius 3 is 2.47 bits per heavy atom. The van der Waals surface area contributed by atoms with Crippen molar-refractivity contribution >= 4 is 11.9 Å². The Labute approximate surface area is 219 Å². The van der Waals surface area contributed by atoms with Gasteiger partial charge in [-0.1, -0.05) is 30.3 Å². The van der Waals surface area contributed by atoms with E-state index in [2.05, 4.69) is 5.48 Å². The number of esters is 1. The molecule has 4 atom stereocenters. The summed E-state index contributed by atoms with van der Waals surface area (Å²) in [7, 11) is 0. The van der Waals surface area contributed by atoms with E-state index in [1.807, 2.05) is 51.1 Å². The molecule has 7 nitrogen and oxygen atoms in total. The number of carbonyl (C=O) groups is 2. The van der Waals surface area contributed by atoms with Crippen LogP contribution in [0.1, 0.15) is 79.9 Å². The molecule has 1 unspecified atom stereocenters. The lowest BCUT2D eigenvalue weighted by Gasteiger charge is -2.44. The standard InChI is InChI=1S/C28H33F3N2O5/c1-26(2,3)37-25(35)19-10-7-13-27(23(19)17-8-5-4-6-9-17)15-21(33-38-27)20-14-18(24(32)34)11-12-22(20)36-16-28(29,30)31/h4-6,8-9,11-12,14,19,21,23,33H,7,10,13,15-16H2,1-3H3,(H2,32,34)/t19?,21-,23+,27+/m0/s1. The smallest absolute Gasteiger partial charge is 0.422 e. The van der Waals surface area contributed by atoms with Gasteiger partial charge in [0.25, 0.3) is 0 Å². The van der Waals surface area contributed by atoms with Crippen LogP contribution in [0.5, 0.6) is 5.75 Å². The molecule has 1 amide bonds. The molecular weight excluding hydrogens is 501 g/mol. The van der Waals surface area contributed by atoms with E-state index >= 15 is 0 Å². The number of hydroxylamine groups is 1. The van der Waals surface area contributed by atoms with Gasteiger partial charge in [0.15, 0.2) is 6.61 Å². The third-order valence-electron chi connectivity index (χ3n) is 6.97. The van der Waals surface area contributed by atoms with Crippen molar-refractivity contribution in [3.05, 3.63) is 65.2 Å². The van der Waals surface area contributed by atoms with Gasteiger partial charge >= 0.3 is 12.1 Å². The summed E-state index contributed by atoms with van der Waals surface area (Å²) in [4.78, 5) is 31.5. The number of hydrogen-bond donors (Lipinski definition) is 2. The van der Waals surface area contributed by atoms with Gasteiger partial charge in [-0.15, -0.1) is 0 Å². The number of rotatable bonds is 6. The molecule has 1 aliphatic heterocycles. The van der Waals surface area contributed by atoms with Gasteiger partial charge in [-0.05, 0) is 63.8 Å². The van der Waals surface area contributed by atoms with Crippen molar-refractivity contribution in [3.8, 4) is 5.75 Å². The molecule has 2 aromatic rings. The summed E-state index contributed by atoms with van der Waals surface area (Å²) in [5.41, 5.74) is 8.28. The van der Waals surface area contributed by atoms with Gasteiger partial charge in [-0.25, -0.2) is 0 Å². The molecule has 1 saturated heterocycles. The minimum atomic E-state index is -4.54. The van der Waals surface area contributed by atoms with E-state index in [0.29, 0.717) is 31.2 Å². The van der Waals surface area contributed by atoms with Crippen LogP contribution in [0.15, 0.2) is 48.5 Å². The molecule has 0 radical (unpaired) electrons. The Kier molecular flexibility index (Phi) is 7.76. The van der Waals surface area contributed by atoms with Crippen LogP contribution in [0.4, 0.5) is 13.2 Å². The van der Waals surface area contributed by atoms with Crippen LogP contribution in [-0.4, -0.2) is 35.9 Å². The molecule has 1 spiro atoms. The first kappa shape index (κ1) is 27.9. The van der Waals surface area contributed by atoms with Crippen LogP contribution in [0.25, 0.3) is 0 Å². The van der Waals surface area contributed by atoms with Crippen LogP contribution in [-0.2, 0) is 14.4 Å². The van der Waals surface area contributed by atoms with Crippen molar-refractivity contribution in [2.75, 3.05) is 6.61 Å². The Hall–Kier alpha value is -3.11. The Morgan fingerprint density at radius 2 is 1.84 bits per heavy atom. The molecule has 1 aliphatic carbocycles. The lowest BCUT2D eigenvalue weighted by Crippen LogP contribution is -2.47. The molecule has 2 fully saturated rings. The maximum atomic E-state index is 13.4. The maximum absolute atomic E-state index is 13.4. The van der Waals surface area contributed by atoms with Gasteiger partial charge < -0.3 is 15.2 Å². The van der Waals surface area contributed by atoms with Crippen molar-refractivity contribution in [1.29, 1.82) is 0 Å². The number of primary amides is 1. The molecular formula is C28H33F3N2O5. The average molecular weight is 535 g/mol. The normalized spacial score (nSPS) is 25.8. The molecule has 4 rings (SSSR count). The second-order valence-electron chi connectivity index (χ2n) is 11.0. The zero-order valence-corrected chi connectivity index (χ0v) is 21.6. The van der Waals surface area contributed by atoms with Crippen LogP contribution < -0.4 is 16.0 Å². The molecule has 2 aromatic carbocycles. The van der Waals surface area contributed by atoms with Crippen LogP contribution in [0, 0.1) is 5.92 Å². The summed E-state index contributed by atoms with van der Waals surface area (Å²) in [5, 5.41) is 0. The van der Waals surface area contributed by atoms with E-state index in [9.17, 15) is 22.8 Å². The fourth-order valence-corrected chi connectivity index (χ4v) is 5.54. The van der Waals surface area contributed by atoms with Gasteiger partial charge in [0, 0.05) is 23.5 Å². The number of benzene rings is 2. The first-order valence-corrected chi connectivity index (χ1v) is 12.6. The number of alkyl halides is 3.